The van der Waals surface area contributed by atoms with Crippen LogP contribution in [-0.2, 0) is 0 Å². The number of carbonyl (C=O) groups excluding carboxylic acids is 1. The van der Waals surface area contributed by atoms with E-state index in [0.29, 0.717) is 11.9 Å². The van der Waals surface area contributed by atoms with E-state index in [-0.39, 0.29) is 5.56 Å². The normalized spacial score (nSPS) is 18.1. The van der Waals surface area contributed by atoms with E-state index in [2.05, 4.69) is 5.32 Å². The molecule has 1 fully saturated rings. The molecule has 0 unspecified atom stereocenters. The summed E-state index contributed by atoms with van der Waals surface area (Å²) >= 11 is 5.97. The molecule has 5 heteroatoms. The lowest BCUT2D eigenvalue weighted by Crippen LogP contribution is -2.51. The quantitative estimate of drug-likeness (QED) is 0.845. The molecule has 2 rings (SSSR count). The van der Waals surface area contributed by atoms with Crippen molar-refractivity contribution < 1.29 is 13.6 Å². The zero-order valence-electron chi connectivity index (χ0n) is 10.5. The summed E-state index contributed by atoms with van der Waals surface area (Å²) in [6.45, 7) is 0. The summed E-state index contributed by atoms with van der Waals surface area (Å²) in [5.74, 6) is -1.77. The summed E-state index contributed by atoms with van der Waals surface area (Å²) in [7, 11) is 0. The van der Waals surface area contributed by atoms with Crippen molar-refractivity contribution in [2.24, 2.45) is 0 Å². The molecule has 1 saturated carbocycles. The maximum atomic E-state index is 13.5. The first kappa shape index (κ1) is 14.3. The topological polar surface area (TPSA) is 29.1 Å². The summed E-state index contributed by atoms with van der Waals surface area (Å²) in [6.07, 6.45) is 4.72. The molecular weight excluding hydrogens is 272 g/mol. The second-order valence-electron chi connectivity index (χ2n) is 5.05. The van der Waals surface area contributed by atoms with E-state index in [1.165, 1.54) is 0 Å². The Kier molecular flexibility index (Phi) is 4.40. The molecule has 0 bridgehead atoms. The van der Waals surface area contributed by atoms with Crippen LogP contribution in [0.4, 0.5) is 8.78 Å². The molecule has 0 radical (unpaired) electrons. The summed E-state index contributed by atoms with van der Waals surface area (Å²) in [6, 6.07) is 2.94. The second-order valence-corrected chi connectivity index (χ2v) is 5.32. The molecule has 1 aromatic carbocycles. The number of rotatable bonds is 3. The number of nitrogens with one attached hydrogen (secondary N) is 1. The lowest BCUT2D eigenvalue weighted by atomic mass is 9.83. The minimum absolute atomic E-state index is 0.142. The molecule has 0 saturated heterocycles. The Balaban J connectivity index is 2.15. The zero-order valence-corrected chi connectivity index (χ0v) is 11.3. The molecule has 2 nitrogen and oxygen atoms in total. The van der Waals surface area contributed by atoms with E-state index < -0.39 is 23.1 Å². The molecule has 1 aromatic rings. The average Bonchev–Trinajstić information content (AvgIpc) is 2.39. The fourth-order valence-electron chi connectivity index (χ4n) is 2.50. The minimum Gasteiger partial charge on any atom is -0.345 e. The number of halogens is 3. The van der Waals surface area contributed by atoms with Crippen molar-refractivity contribution in [2.45, 2.75) is 37.6 Å². The molecule has 0 spiro atoms. The van der Waals surface area contributed by atoms with Gasteiger partial charge < -0.3 is 5.32 Å². The van der Waals surface area contributed by atoms with E-state index in [0.717, 1.165) is 44.2 Å². The van der Waals surface area contributed by atoms with Crippen LogP contribution in [-0.4, -0.2) is 17.3 Å². The van der Waals surface area contributed by atoms with Crippen molar-refractivity contribution in [1.82, 2.24) is 5.32 Å². The van der Waals surface area contributed by atoms with Gasteiger partial charge in [-0.2, -0.15) is 0 Å². The first-order valence-electron chi connectivity index (χ1n) is 6.40. The maximum absolute atomic E-state index is 13.5. The van der Waals surface area contributed by atoms with Crippen LogP contribution in [0.5, 0.6) is 0 Å². The highest BCUT2D eigenvalue weighted by molar-refractivity contribution is 6.19. The van der Waals surface area contributed by atoms with Crippen molar-refractivity contribution in [3.8, 4) is 0 Å². The van der Waals surface area contributed by atoms with Gasteiger partial charge in [0.2, 0.25) is 0 Å². The van der Waals surface area contributed by atoms with Gasteiger partial charge in [-0.05, 0) is 25.0 Å². The van der Waals surface area contributed by atoms with Crippen LogP contribution in [0, 0.1) is 11.6 Å². The molecular formula is C14H16ClF2NO. The molecule has 104 valence electrons. The molecule has 1 aliphatic carbocycles. The molecule has 0 aliphatic heterocycles. The van der Waals surface area contributed by atoms with Crippen LogP contribution < -0.4 is 5.32 Å². The maximum Gasteiger partial charge on any atom is 0.254 e. The standard InChI is InChI=1S/C14H16ClF2NO/c15-9-14(6-2-1-3-7-14)18-13(19)11-5-4-10(16)8-12(11)17/h4-5,8H,1-3,6-7,9H2,(H,18,19). The van der Waals surface area contributed by atoms with Crippen LogP contribution >= 0.6 is 11.6 Å². The van der Waals surface area contributed by atoms with Gasteiger partial charge >= 0.3 is 0 Å². The Morgan fingerprint density at radius 2 is 1.95 bits per heavy atom. The Hall–Kier alpha value is -1.16. The number of alkyl halides is 1. The van der Waals surface area contributed by atoms with Crippen molar-refractivity contribution in [2.75, 3.05) is 5.88 Å². The first-order valence-corrected chi connectivity index (χ1v) is 6.93. The van der Waals surface area contributed by atoms with Crippen molar-refractivity contribution in [1.29, 1.82) is 0 Å². The Labute approximate surface area is 116 Å². The van der Waals surface area contributed by atoms with E-state index in [4.69, 9.17) is 11.6 Å². The summed E-state index contributed by atoms with van der Waals surface area (Å²) in [4.78, 5) is 12.1. The van der Waals surface area contributed by atoms with Gasteiger partial charge in [-0.1, -0.05) is 19.3 Å². The lowest BCUT2D eigenvalue weighted by Gasteiger charge is -2.36. The molecule has 19 heavy (non-hydrogen) atoms. The zero-order chi connectivity index (χ0) is 13.9. The van der Waals surface area contributed by atoms with E-state index >= 15 is 0 Å². The fraction of sp³-hybridized carbons (Fsp3) is 0.500. The smallest absolute Gasteiger partial charge is 0.254 e. The summed E-state index contributed by atoms with van der Waals surface area (Å²) in [5.41, 5.74) is -0.603. The van der Waals surface area contributed by atoms with Gasteiger partial charge in [-0.15, -0.1) is 11.6 Å². The Bertz CT molecular complexity index is 473. The largest absolute Gasteiger partial charge is 0.345 e. The minimum atomic E-state index is -0.849. The highest BCUT2D eigenvalue weighted by Crippen LogP contribution is 2.29. The number of carbonyl (C=O) groups is 1. The molecule has 1 amide bonds. The highest BCUT2D eigenvalue weighted by atomic mass is 35.5. The third kappa shape index (κ3) is 3.24. The van der Waals surface area contributed by atoms with Crippen LogP contribution in [0.1, 0.15) is 42.5 Å². The Morgan fingerprint density at radius 3 is 2.53 bits per heavy atom. The van der Waals surface area contributed by atoms with Crippen LogP contribution in [0.25, 0.3) is 0 Å². The number of benzene rings is 1. The molecule has 0 atom stereocenters. The SMILES string of the molecule is O=C(NC1(CCl)CCCCC1)c1ccc(F)cc1F. The van der Waals surface area contributed by atoms with Gasteiger partial charge in [0.15, 0.2) is 0 Å². The molecule has 1 aliphatic rings. The third-order valence-electron chi connectivity index (χ3n) is 3.62. The Morgan fingerprint density at radius 1 is 1.26 bits per heavy atom. The van der Waals surface area contributed by atoms with Gasteiger partial charge in [0.1, 0.15) is 11.6 Å². The van der Waals surface area contributed by atoms with E-state index in [1.807, 2.05) is 0 Å². The van der Waals surface area contributed by atoms with Crippen LogP contribution in [0.15, 0.2) is 18.2 Å². The first-order chi connectivity index (χ1) is 9.06. The summed E-state index contributed by atoms with van der Waals surface area (Å²) in [5, 5.41) is 2.83. The fourth-order valence-corrected chi connectivity index (χ4v) is 2.84. The third-order valence-corrected chi connectivity index (χ3v) is 4.13. The number of hydrogen-bond donors (Lipinski definition) is 1. The van der Waals surface area contributed by atoms with Gasteiger partial charge in [0, 0.05) is 11.9 Å². The predicted octanol–water partition coefficient (Wildman–Crippen LogP) is 3.64. The van der Waals surface area contributed by atoms with Gasteiger partial charge in [-0.25, -0.2) is 8.78 Å². The van der Waals surface area contributed by atoms with Gasteiger partial charge in [0.05, 0.1) is 11.1 Å². The van der Waals surface area contributed by atoms with Crippen molar-refractivity contribution in [3.05, 3.63) is 35.4 Å². The summed E-state index contributed by atoms with van der Waals surface area (Å²) < 4.78 is 26.4. The average molecular weight is 288 g/mol. The predicted molar refractivity (Wildman–Crippen MR) is 70.4 cm³/mol. The van der Waals surface area contributed by atoms with Crippen molar-refractivity contribution in [3.63, 3.8) is 0 Å². The number of amides is 1. The highest BCUT2D eigenvalue weighted by Gasteiger charge is 2.33. The van der Waals surface area contributed by atoms with E-state index in [1.54, 1.807) is 0 Å². The monoisotopic (exact) mass is 287 g/mol. The van der Waals surface area contributed by atoms with Crippen molar-refractivity contribution >= 4 is 17.5 Å². The number of hydrogen-bond acceptors (Lipinski definition) is 1. The van der Waals surface area contributed by atoms with Crippen LogP contribution in [0.3, 0.4) is 0 Å². The molecule has 1 N–H and O–H groups in total. The lowest BCUT2D eigenvalue weighted by molar-refractivity contribution is 0.0880. The van der Waals surface area contributed by atoms with Crippen LogP contribution in [0.2, 0.25) is 0 Å². The molecule has 0 heterocycles. The van der Waals surface area contributed by atoms with E-state index in [9.17, 15) is 13.6 Å². The van der Waals surface area contributed by atoms with Gasteiger partial charge in [0.25, 0.3) is 5.91 Å². The molecule has 0 aromatic heterocycles. The van der Waals surface area contributed by atoms with Gasteiger partial charge in [-0.3, -0.25) is 4.79 Å². The second kappa shape index (κ2) is 5.87.